The molecule has 1 aromatic carbocycles. The van der Waals surface area contributed by atoms with Crippen molar-refractivity contribution < 1.29 is 9.90 Å². The van der Waals surface area contributed by atoms with Gasteiger partial charge in [0.05, 0.1) is 5.56 Å². The third-order valence-corrected chi connectivity index (χ3v) is 3.00. The smallest absolute Gasteiger partial charge is 0.335 e. The SMILES string of the molecule is C/C(=C/Cl)Cn1ccc2ccc(C(=O)O)cc21. The molecule has 0 unspecified atom stereocenters. The van der Waals surface area contributed by atoms with Crippen LogP contribution in [0.15, 0.2) is 41.6 Å². The topological polar surface area (TPSA) is 42.2 Å². The molecule has 0 saturated heterocycles. The minimum Gasteiger partial charge on any atom is -0.478 e. The molecule has 1 heterocycles. The molecule has 88 valence electrons. The van der Waals surface area contributed by atoms with Crippen molar-refractivity contribution in [3.05, 3.63) is 47.1 Å². The van der Waals surface area contributed by atoms with E-state index in [2.05, 4.69) is 0 Å². The summed E-state index contributed by atoms with van der Waals surface area (Å²) in [5, 5.41) is 9.98. The maximum atomic E-state index is 10.9. The Morgan fingerprint density at radius 3 is 2.88 bits per heavy atom. The summed E-state index contributed by atoms with van der Waals surface area (Å²) in [6.45, 7) is 2.59. The molecule has 0 bridgehead atoms. The molecule has 2 aromatic rings. The molecule has 1 aromatic heterocycles. The average molecular weight is 250 g/mol. The average Bonchev–Trinajstić information content (AvgIpc) is 2.71. The van der Waals surface area contributed by atoms with Crippen molar-refractivity contribution in [2.24, 2.45) is 0 Å². The van der Waals surface area contributed by atoms with E-state index in [-0.39, 0.29) is 0 Å². The van der Waals surface area contributed by atoms with Crippen molar-refractivity contribution in [3.8, 4) is 0 Å². The number of benzene rings is 1. The fourth-order valence-electron chi connectivity index (χ4n) is 1.76. The van der Waals surface area contributed by atoms with Crippen LogP contribution in [-0.2, 0) is 6.54 Å². The quantitative estimate of drug-likeness (QED) is 0.905. The second-order valence-electron chi connectivity index (χ2n) is 3.98. The summed E-state index contributed by atoms with van der Waals surface area (Å²) in [5.74, 6) is -0.913. The van der Waals surface area contributed by atoms with Gasteiger partial charge >= 0.3 is 5.97 Å². The van der Waals surface area contributed by atoms with Gasteiger partial charge in [0, 0.05) is 23.8 Å². The van der Waals surface area contributed by atoms with Gasteiger partial charge in [-0.2, -0.15) is 0 Å². The number of aromatic nitrogens is 1. The summed E-state index contributed by atoms with van der Waals surface area (Å²) < 4.78 is 1.98. The third kappa shape index (κ3) is 2.34. The van der Waals surface area contributed by atoms with Crippen LogP contribution in [0.5, 0.6) is 0 Å². The first-order valence-electron chi connectivity index (χ1n) is 5.20. The van der Waals surface area contributed by atoms with Crippen LogP contribution in [0.3, 0.4) is 0 Å². The molecule has 0 aliphatic carbocycles. The lowest BCUT2D eigenvalue weighted by Crippen LogP contribution is -1.99. The van der Waals surface area contributed by atoms with Crippen LogP contribution in [0.2, 0.25) is 0 Å². The number of fused-ring (bicyclic) bond motifs is 1. The minimum absolute atomic E-state index is 0.296. The lowest BCUT2D eigenvalue weighted by atomic mass is 10.1. The number of allylic oxidation sites excluding steroid dienone is 1. The number of hydrogen-bond donors (Lipinski definition) is 1. The van der Waals surface area contributed by atoms with Gasteiger partial charge in [-0.3, -0.25) is 0 Å². The Kier molecular flexibility index (Phi) is 3.20. The van der Waals surface area contributed by atoms with Gasteiger partial charge in [-0.15, -0.1) is 0 Å². The Bertz CT molecular complexity index is 598. The largest absolute Gasteiger partial charge is 0.478 e. The number of carbonyl (C=O) groups is 1. The first-order valence-corrected chi connectivity index (χ1v) is 5.63. The van der Waals surface area contributed by atoms with E-state index >= 15 is 0 Å². The highest BCUT2D eigenvalue weighted by atomic mass is 35.5. The molecule has 0 radical (unpaired) electrons. The number of carboxylic acid groups (broad SMARTS) is 1. The predicted molar refractivity (Wildman–Crippen MR) is 68.5 cm³/mol. The Hall–Kier alpha value is -1.74. The van der Waals surface area contributed by atoms with Gasteiger partial charge in [-0.25, -0.2) is 4.79 Å². The Morgan fingerprint density at radius 1 is 1.47 bits per heavy atom. The van der Waals surface area contributed by atoms with Gasteiger partial charge < -0.3 is 9.67 Å². The molecule has 0 fully saturated rings. The van der Waals surface area contributed by atoms with Gasteiger partial charge in [0.2, 0.25) is 0 Å². The number of aromatic carboxylic acids is 1. The van der Waals surface area contributed by atoms with E-state index in [4.69, 9.17) is 16.7 Å². The molecule has 4 heteroatoms. The molecule has 0 saturated carbocycles. The van der Waals surface area contributed by atoms with Crippen LogP contribution in [0.4, 0.5) is 0 Å². The van der Waals surface area contributed by atoms with E-state index in [1.54, 1.807) is 12.1 Å². The lowest BCUT2D eigenvalue weighted by Gasteiger charge is -2.05. The summed E-state index contributed by atoms with van der Waals surface area (Å²) in [4.78, 5) is 10.9. The molecule has 1 N–H and O–H groups in total. The van der Waals surface area contributed by atoms with E-state index < -0.39 is 5.97 Å². The van der Waals surface area contributed by atoms with Crippen molar-refractivity contribution in [1.82, 2.24) is 4.57 Å². The Labute approximate surface area is 104 Å². The normalized spacial score (nSPS) is 12.0. The standard InChI is InChI=1S/C13H12ClNO2/c1-9(7-14)8-15-5-4-10-2-3-11(13(16)17)6-12(10)15/h2-7H,8H2,1H3,(H,16,17)/b9-7-. The zero-order valence-corrected chi connectivity index (χ0v) is 10.1. The van der Waals surface area contributed by atoms with E-state index in [0.717, 1.165) is 16.5 Å². The molecule has 0 aliphatic heterocycles. The van der Waals surface area contributed by atoms with Crippen molar-refractivity contribution in [1.29, 1.82) is 0 Å². The van der Waals surface area contributed by atoms with E-state index in [1.807, 2.05) is 29.8 Å². The number of nitrogens with zero attached hydrogens (tertiary/aromatic N) is 1. The minimum atomic E-state index is -0.913. The zero-order chi connectivity index (χ0) is 12.4. The monoisotopic (exact) mass is 249 g/mol. The van der Waals surface area contributed by atoms with Gasteiger partial charge in [0.25, 0.3) is 0 Å². The highest BCUT2D eigenvalue weighted by Crippen LogP contribution is 2.19. The van der Waals surface area contributed by atoms with Crippen molar-refractivity contribution in [2.45, 2.75) is 13.5 Å². The molecular weight excluding hydrogens is 238 g/mol. The van der Waals surface area contributed by atoms with Crippen LogP contribution < -0.4 is 0 Å². The van der Waals surface area contributed by atoms with E-state index in [0.29, 0.717) is 12.1 Å². The molecule has 0 atom stereocenters. The summed E-state index contributed by atoms with van der Waals surface area (Å²) in [6, 6.07) is 7.07. The molecule has 0 spiro atoms. The maximum absolute atomic E-state index is 10.9. The van der Waals surface area contributed by atoms with Crippen molar-refractivity contribution >= 4 is 28.5 Å². The molecule has 0 aliphatic rings. The fraction of sp³-hybridized carbons (Fsp3) is 0.154. The summed E-state index contributed by atoms with van der Waals surface area (Å²) in [6.07, 6.45) is 1.93. The van der Waals surface area contributed by atoms with E-state index in [9.17, 15) is 4.79 Å². The molecule has 17 heavy (non-hydrogen) atoms. The second-order valence-corrected chi connectivity index (χ2v) is 4.20. The van der Waals surface area contributed by atoms with Crippen molar-refractivity contribution in [2.75, 3.05) is 0 Å². The molecule has 3 nitrogen and oxygen atoms in total. The number of halogens is 1. The lowest BCUT2D eigenvalue weighted by molar-refractivity contribution is 0.0697. The van der Waals surface area contributed by atoms with Gasteiger partial charge in [0.1, 0.15) is 0 Å². The summed E-state index contributed by atoms with van der Waals surface area (Å²) in [7, 11) is 0. The predicted octanol–water partition coefficient (Wildman–Crippen LogP) is 3.48. The first-order chi connectivity index (χ1) is 8.11. The van der Waals surface area contributed by atoms with Crippen LogP contribution in [0.1, 0.15) is 17.3 Å². The number of hydrogen-bond acceptors (Lipinski definition) is 1. The summed E-state index contributed by atoms with van der Waals surface area (Å²) in [5.41, 5.74) is 3.75. The van der Waals surface area contributed by atoms with Crippen LogP contribution in [-0.4, -0.2) is 15.6 Å². The first kappa shape index (κ1) is 11.7. The van der Waals surface area contributed by atoms with Crippen LogP contribution >= 0.6 is 11.6 Å². The zero-order valence-electron chi connectivity index (χ0n) is 9.35. The van der Waals surface area contributed by atoms with E-state index in [1.165, 1.54) is 5.54 Å². The van der Waals surface area contributed by atoms with Crippen molar-refractivity contribution in [3.63, 3.8) is 0 Å². The maximum Gasteiger partial charge on any atom is 0.335 e. The van der Waals surface area contributed by atoms with Crippen LogP contribution in [0.25, 0.3) is 10.9 Å². The molecular formula is C13H12ClNO2. The summed E-state index contributed by atoms with van der Waals surface area (Å²) >= 11 is 5.63. The molecule has 0 amide bonds. The highest BCUT2D eigenvalue weighted by molar-refractivity contribution is 6.25. The number of rotatable bonds is 3. The Balaban J connectivity index is 2.50. The van der Waals surface area contributed by atoms with Gasteiger partial charge in [-0.1, -0.05) is 17.7 Å². The second kappa shape index (κ2) is 4.63. The van der Waals surface area contributed by atoms with Gasteiger partial charge in [0.15, 0.2) is 0 Å². The van der Waals surface area contributed by atoms with Gasteiger partial charge in [-0.05, 0) is 36.1 Å². The Morgan fingerprint density at radius 2 is 2.24 bits per heavy atom. The molecule has 2 rings (SSSR count). The highest BCUT2D eigenvalue weighted by Gasteiger charge is 2.06. The number of carboxylic acids is 1. The third-order valence-electron chi connectivity index (χ3n) is 2.63. The fourth-order valence-corrected chi connectivity index (χ4v) is 1.83. The van der Waals surface area contributed by atoms with Crippen LogP contribution in [0, 0.1) is 0 Å².